The van der Waals surface area contributed by atoms with Gasteiger partial charge in [0.1, 0.15) is 0 Å². The van der Waals surface area contributed by atoms with Gasteiger partial charge in [-0.2, -0.15) is 26.3 Å². The van der Waals surface area contributed by atoms with Crippen molar-refractivity contribution in [3.05, 3.63) is 0 Å². The largest absolute Gasteiger partial charge is 0.449 e. The van der Waals surface area contributed by atoms with Crippen LogP contribution in [-0.2, 0) is 4.74 Å². The predicted octanol–water partition coefficient (Wildman–Crippen LogP) is 3.64. The number of carbonyl (C=O) groups excluding carboxylic acids is 1. The fourth-order valence-corrected chi connectivity index (χ4v) is 0.825. The molecule has 3 nitrogen and oxygen atoms in total. The minimum atomic E-state index is -5.69. The molecule has 0 aliphatic heterocycles. The van der Waals surface area contributed by atoms with Crippen LogP contribution in [0.25, 0.3) is 0 Å². The van der Waals surface area contributed by atoms with E-state index in [2.05, 4.69) is 4.74 Å². The summed E-state index contributed by atoms with van der Waals surface area (Å²) in [5.41, 5.74) is -4.93. The number of alkyl halides is 6. The number of halogens is 6. The molecule has 0 radical (unpaired) electrons. The van der Waals surface area contributed by atoms with Gasteiger partial charge in [0.15, 0.2) is 0 Å². The Hall–Kier alpha value is -1.15. The van der Waals surface area contributed by atoms with Crippen LogP contribution in [0.5, 0.6) is 0 Å². The molecule has 1 amide bonds. The smallest absolute Gasteiger partial charge is 0.420 e. The molecule has 0 aliphatic carbocycles. The lowest BCUT2D eigenvalue weighted by Gasteiger charge is -2.34. The highest BCUT2D eigenvalue weighted by molar-refractivity contribution is 5.68. The molecule has 0 spiro atoms. The molecule has 0 aromatic rings. The van der Waals surface area contributed by atoms with Gasteiger partial charge in [-0.1, -0.05) is 20.8 Å². The molecule has 0 rings (SSSR count). The number of amides is 1. The Morgan fingerprint density at radius 2 is 1.32 bits per heavy atom. The van der Waals surface area contributed by atoms with Gasteiger partial charge in [0, 0.05) is 0 Å². The molecule has 0 aromatic heterocycles. The van der Waals surface area contributed by atoms with E-state index >= 15 is 0 Å². The standard InChI is InChI=1S/C10H15F6NO2/c1-7(2,3)5-19-6(18)17-8(4,9(11,12)13)10(14,15)16/h5H2,1-4H3,(H,17,18). The number of hydrogen-bond acceptors (Lipinski definition) is 2. The van der Waals surface area contributed by atoms with E-state index in [0.29, 0.717) is 0 Å². The maximum atomic E-state index is 12.4. The zero-order chi connectivity index (χ0) is 15.7. The highest BCUT2D eigenvalue weighted by Crippen LogP contribution is 2.42. The van der Waals surface area contributed by atoms with E-state index in [0.717, 1.165) is 5.32 Å². The van der Waals surface area contributed by atoms with E-state index in [4.69, 9.17) is 0 Å². The first-order chi connectivity index (χ1) is 8.10. The maximum Gasteiger partial charge on any atom is 0.420 e. The van der Waals surface area contributed by atoms with E-state index in [9.17, 15) is 31.1 Å². The average molecular weight is 295 g/mol. The molecule has 1 N–H and O–H groups in total. The van der Waals surface area contributed by atoms with Crippen molar-refractivity contribution in [3.63, 3.8) is 0 Å². The number of nitrogens with one attached hydrogen (secondary N) is 1. The van der Waals surface area contributed by atoms with Crippen molar-refractivity contribution in [2.24, 2.45) is 5.41 Å². The summed E-state index contributed by atoms with van der Waals surface area (Å²) in [6.45, 7) is 4.34. The van der Waals surface area contributed by atoms with Crippen molar-refractivity contribution in [3.8, 4) is 0 Å². The summed E-state index contributed by atoms with van der Waals surface area (Å²) < 4.78 is 79.0. The van der Waals surface area contributed by atoms with E-state index in [1.807, 2.05) is 0 Å². The normalized spacial score (nSPS) is 14.2. The number of carbonyl (C=O) groups is 1. The van der Waals surface area contributed by atoms with Crippen LogP contribution in [0.1, 0.15) is 27.7 Å². The molecule has 0 heterocycles. The maximum absolute atomic E-state index is 12.4. The molecule has 9 heteroatoms. The van der Waals surface area contributed by atoms with Crippen LogP contribution in [0, 0.1) is 5.41 Å². The Kier molecular flexibility index (Phi) is 4.78. The van der Waals surface area contributed by atoms with Gasteiger partial charge in [0.25, 0.3) is 0 Å². The van der Waals surface area contributed by atoms with Gasteiger partial charge in [0.05, 0.1) is 6.61 Å². The summed E-state index contributed by atoms with van der Waals surface area (Å²) in [5, 5.41) is 0.835. The number of alkyl carbamates (subject to hydrolysis) is 1. The van der Waals surface area contributed by atoms with Crippen LogP contribution in [-0.4, -0.2) is 30.6 Å². The molecule has 0 bridgehead atoms. The Bertz CT molecular complexity index is 314. The lowest BCUT2D eigenvalue weighted by atomic mass is 9.99. The van der Waals surface area contributed by atoms with Gasteiger partial charge in [0.2, 0.25) is 5.54 Å². The Labute approximate surface area is 106 Å². The third-order valence-corrected chi connectivity index (χ3v) is 2.12. The van der Waals surface area contributed by atoms with Gasteiger partial charge in [-0.15, -0.1) is 0 Å². The molecule has 0 saturated carbocycles. The first-order valence-electron chi connectivity index (χ1n) is 5.18. The molecule has 0 aromatic carbocycles. The van der Waals surface area contributed by atoms with E-state index in [-0.39, 0.29) is 13.5 Å². The van der Waals surface area contributed by atoms with E-state index in [1.54, 1.807) is 20.8 Å². The fourth-order valence-electron chi connectivity index (χ4n) is 0.825. The molecular formula is C10H15F6NO2. The molecule has 0 fully saturated rings. The van der Waals surface area contributed by atoms with Gasteiger partial charge in [-0.05, 0) is 12.3 Å². The third-order valence-electron chi connectivity index (χ3n) is 2.12. The van der Waals surface area contributed by atoms with Crippen LogP contribution < -0.4 is 5.32 Å². The fraction of sp³-hybridized carbons (Fsp3) is 0.900. The van der Waals surface area contributed by atoms with Gasteiger partial charge in [-0.3, -0.25) is 5.32 Å². The minimum absolute atomic E-state index is 0.161. The molecular weight excluding hydrogens is 280 g/mol. The van der Waals surface area contributed by atoms with E-state index < -0.39 is 29.4 Å². The van der Waals surface area contributed by atoms with E-state index in [1.165, 1.54) is 0 Å². The van der Waals surface area contributed by atoms with Crippen molar-refractivity contribution in [1.82, 2.24) is 5.32 Å². The quantitative estimate of drug-likeness (QED) is 0.790. The topological polar surface area (TPSA) is 38.3 Å². The van der Waals surface area contributed by atoms with Gasteiger partial charge < -0.3 is 4.74 Å². The summed E-state index contributed by atoms with van der Waals surface area (Å²) in [5.74, 6) is 0. The number of ether oxygens (including phenoxy) is 1. The first kappa shape index (κ1) is 17.8. The summed E-state index contributed by atoms with van der Waals surface area (Å²) in [6, 6.07) is 0. The third kappa shape index (κ3) is 4.79. The van der Waals surface area contributed by atoms with Crippen LogP contribution in [0.2, 0.25) is 0 Å². The van der Waals surface area contributed by atoms with Crippen molar-refractivity contribution in [2.75, 3.05) is 6.61 Å². The highest BCUT2D eigenvalue weighted by Gasteiger charge is 2.69. The van der Waals surface area contributed by atoms with Gasteiger partial charge in [-0.25, -0.2) is 4.79 Å². The average Bonchev–Trinajstić information content (AvgIpc) is 2.09. The lowest BCUT2D eigenvalue weighted by molar-refractivity contribution is -0.298. The second-order valence-corrected chi connectivity index (χ2v) is 5.38. The minimum Gasteiger partial charge on any atom is -0.449 e. The second-order valence-electron chi connectivity index (χ2n) is 5.38. The zero-order valence-corrected chi connectivity index (χ0v) is 10.8. The molecule has 0 aliphatic rings. The van der Waals surface area contributed by atoms with Crippen LogP contribution in [0.15, 0.2) is 0 Å². The Balaban J connectivity index is 4.93. The zero-order valence-electron chi connectivity index (χ0n) is 10.8. The number of rotatable bonds is 2. The molecule has 19 heavy (non-hydrogen) atoms. The van der Waals surface area contributed by atoms with Crippen molar-refractivity contribution in [1.29, 1.82) is 0 Å². The second kappa shape index (κ2) is 5.09. The molecule has 0 unspecified atom stereocenters. The summed E-state index contributed by atoms with van der Waals surface area (Å²) in [7, 11) is 0. The lowest BCUT2D eigenvalue weighted by Crippen LogP contribution is -2.65. The Morgan fingerprint density at radius 1 is 0.947 bits per heavy atom. The van der Waals surface area contributed by atoms with Crippen molar-refractivity contribution >= 4 is 6.09 Å². The van der Waals surface area contributed by atoms with Crippen molar-refractivity contribution in [2.45, 2.75) is 45.6 Å². The van der Waals surface area contributed by atoms with Crippen LogP contribution in [0.3, 0.4) is 0 Å². The number of hydrogen-bond donors (Lipinski definition) is 1. The summed E-state index contributed by atoms with van der Waals surface area (Å²) in [6.07, 6.45) is -13.1. The monoisotopic (exact) mass is 295 g/mol. The SMILES string of the molecule is CC(C)(C)COC(=O)NC(C)(C(F)(F)F)C(F)(F)F. The summed E-state index contributed by atoms with van der Waals surface area (Å²) in [4.78, 5) is 11.1. The Morgan fingerprint density at radius 3 is 1.58 bits per heavy atom. The van der Waals surface area contributed by atoms with Crippen LogP contribution in [0.4, 0.5) is 31.1 Å². The van der Waals surface area contributed by atoms with Crippen molar-refractivity contribution < 1.29 is 35.9 Å². The van der Waals surface area contributed by atoms with Gasteiger partial charge >= 0.3 is 18.4 Å². The summed E-state index contributed by atoms with van der Waals surface area (Å²) >= 11 is 0. The first-order valence-corrected chi connectivity index (χ1v) is 5.18. The molecule has 0 saturated heterocycles. The molecule has 114 valence electrons. The van der Waals surface area contributed by atoms with Crippen LogP contribution >= 0.6 is 0 Å². The highest BCUT2D eigenvalue weighted by atomic mass is 19.4. The predicted molar refractivity (Wildman–Crippen MR) is 54.5 cm³/mol. The molecule has 0 atom stereocenters.